The van der Waals surface area contributed by atoms with Crippen LogP contribution in [-0.2, 0) is 74.1 Å². The van der Waals surface area contributed by atoms with E-state index in [1.54, 1.807) is 37.7 Å². The van der Waals surface area contributed by atoms with Gasteiger partial charge in [0.1, 0.15) is 19.0 Å². The van der Waals surface area contributed by atoms with Gasteiger partial charge in [-0.2, -0.15) is 23.5 Å². The van der Waals surface area contributed by atoms with Crippen molar-refractivity contribution >= 4 is 87.9 Å². The Bertz CT molecular complexity index is 4260. The lowest BCUT2D eigenvalue weighted by Gasteiger charge is -2.50. The quantitative estimate of drug-likeness (QED) is 0.0234. The Balaban J connectivity index is 0.000000199. The molecular formula is C103H153Cl3N10O10S2. The van der Waals surface area contributed by atoms with E-state index in [1.807, 2.05) is 61.9 Å². The van der Waals surface area contributed by atoms with Crippen LogP contribution in [-0.4, -0.2) is 260 Å². The molecule has 6 aromatic carbocycles. The Morgan fingerprint density at radius 1 is 0.422 bits per heavy atom. The van der Waals surface area contributed by atoms with Crippen LogP contribution in [0, 0.1) is 20.8 Å². The average molecular weight is 1860 g/mol. The molecule has 0 atom stereocenters. The zero-order chi connectivity index (χ0) is 92.7. The van der Waals surface area contributed by atoms with Gasteiger partial charge in [-0.25, -0.2) is 0 Å². The third kappa shape index (κ3) is 34.3. The first-order valence-corrected chi connectivity index (χ1v) is 50.4. The summed E-state index contributed by atoms with van der Waals surface area (Å²) in [6.07, 6.45) is 30.4. The second-order valence-corrected chi connectivity index (χ2v) is 40.3. The van der Waals surface area contributed by atoms with Crippen molar-refractivity contribution in [3.8, 4) is 5.75 Å². The predicted molar refractivity (Wildman–Crippen MR) is 531 cm³/mol. The number of hydrogen-bond acceptors (Lipinski definition) is 17. The number of carbonyl (C=O) groups is 5. The Labute approximate surface area is 791 Å². The molecule has 5 aliphatic carbocycles. The van der Waals surface area contributed by atoms with Crippen LogP contribution < -0.4 is 31.3 Å². The standard InChI is InChI=1S/C27H35ClN2O3.C21H34N2O3.C19H30N2O2.2C18H27ClN2OS/c1-21-20-23(28)9-10-25(21)33-17-5-8-26(31)29-24-11-13-27(14-12-24,22-6-3-2-4-7-22)30-15-18-32-19-16-30;1-17-5-7-18(8-6-17)15-21(23(2)3)11-9-19(10-12-21)22-20(24)16-26-14-13-25-4;1-15-7-5-6-8-16(15)13-19(21(2)3)11-9-17(10-12-19)20-18(22)14-23-4;1-21(2)18(12-14-4-6-15(19)7-5-14)10-8-16(9-11-18)20-17(22)13-23-3;1-21(2)18(12-14-5-4-6-15(19)11-14)9-7-16(8-10-18)20-17(22)13-23-3/h2-4,6-7,9-10,20,24H,5,8,11-19H2,1H3,(H,29,31);5-8,19H,9-16H2,1-4H3,(H,22,24);5-8,17H,9-14H2,1-4H3,(H,20,22);4-7,16H,8-13H2,1-3H3,(H,20,22);4-6,11,16H,7-10,12-13H2,1-3H3,(H,20,22). The first kappa shape index (κ1) is 107. The lowest BCUT2D eigenvalue weighted by molar-refractivity contribution is -0.127. The van der Waals surface area contributed by atoms with Gasteiger partial charge in [0.25, 0.3) is 0 Å². The number of benzene rings is 6. The SMILES string of the molecule is COCC(=O)NC1CCC(Cc2ccccc2C)(N(C)C)CC1.COCCOCC(=O)NC1CCC(Cc2ccc(C)cc2)(N(C)C)CC1.CSCC(=O)NC1CCC(Cc2ccc(Cl)cc2)(N(C)C)CC1.CSCC(=O)NC1CCC(Cc2cccc(Cl)c2)(N(C)C)CC1.Cc1cc(Cl)ccc1OCCCC(=O)NC1CCC(c2ccccc2)(N2CCOCC2)CC1. The van der Waals surface area contributed by atoms with Crippen molar-refractivity contribution in [3.05, 3.63) is 205 Å². The number of ether oxygens (including phenoxy) is 5. The number of thioether (sulfide) groups is 2. The van der Waals surface area contributed by atoms with Crippen LogP contribution in [0.3, 0.4) is 0 Å². The summed E-state index contributed by atoms with van der Waals surface area (Å²) >= 11 is 21.3. The molecular weight excluding hydrogens is 1710 g/mol. The Kier molecular flexibility index (Phi) is 45.8. The lowest BCUT2D eigenvalue weighted by Crippen LogP contribution is -2.54. The molecule has 1 aliphatic heterocycles. The van der Waals surface area contributed by atoms with E-state index in [1.165, 1.54) is 38.9 Å². The molecule has 1 saturated heterocycles. The maximum Gasteiger partial charge on any atom is 0.246 e. The zero-order valence-electron chi connectivity index (χ0n) is 79.7. The Morgan fingerprint density at radius 3 is 1.30 bits per heavy atom. The maximum atomic E-state index is 12.6. The Hall–Kier alpha value is -6.32. The van der Waals surface area contributed by atoms with Crippen molar-refractivity contribution in [1.29, 1.82) is 0 Å². The molecule has 5 saturated carbocycles. The number of likely N-dealkylation sites (N-methyl/N-ethyl adjacent to an activating group) is 4. The number of morpholine rings is 1. The van der Waals surface area contributed by atoms with E-state index in [-0.39, 0.29) is 88.6 Å². The van der Waals surface area contributed by atoms with Gasteiger partial charge in [-0.05, 0) is 332 Å². The smallest absolute Gasteiger partial charge is 0.246 e. The fourth-order valence-corrected chi connectivity index (χ4v) is 20.9. The number of rotatable bonds is 35. The van der Waals surface area contributed by atoms with Gasteiger partial charge in [0.2, 0.25) is 29.5 Å². The first-order valence-electron chi connectivity index (χ1n) is 46.4. The molecule has 6 aromatic rings. The van der Waals surface area contributed by atoms with Gasteiger partial charge in [0.15, 0.2) is 0 Å². The van der Waals surface area contributed by atoms with E-state index in [9.17, 15) is 24.0 Å². The van der Waals surface area contributed by atoms with E-state index in [0.717, 1.165) is 202 Å². The van der Waals surface area contributed by atoms with Crippen molar-refractivity contribution in [3.63, 3.8) is 0 Å². The minimum atomic E-state index is -0.0259. The monoisotopic (exact) mass is 1860 g/mol. The van der Waals surface area contributed by atoms with Crippen LogP contribution in [0.25, 0.3) is 0 Å². The van der Waals surface area contributed by atoms with Gasteiger partial charge >= 0.3 is 0 Å². The van der Waals surface area contributed by atoms with Gasteiger partial charge in [-0.3, -0.25) is 28.9 Å². The van der Waals surface area contributed by atoms with Crippen molar-refractivity contribution < 1.29 is 47.7 Å². The molecule has 5 N–H and O–H groups in total. The highest BCUT2D eigenvalue weighted by Gasteiger charge is 2.45. The second-order valence-electron chi connectivity index (χ2n) is 37.3. The van der Waals surface area contributed by atoms with Crippen molar-refractivity contribution in [2.24, 2.45) is 0 Å². The number of hydrogen-bond donors (Lipinski definition) is 5. The number of aryl methyl sites for hydroxylation is 3. The van der Waals surface area contributed by atoms with Crippen molar-refractivity contribution in [1.82, 2.24) is 51.1 Å². The summed E-state index contributed by atoms with van der Waals surface area (Å²) in [5.74, 6) is 2.35. The van der Waals surface area contributed by atoms with Gasteiger partial charge in [-0.1, -0.05) is 143 Å². The number of methoxy groups -OCH3 is 2. The van der Waals surface area contributed by atoms with Crippen LogP contribution in [0.4, 0.5) is 0 Å². The maximum absolute atomic E-state index is 12.6. The molecule has 0 aromatic heterocycles. The van der Waals surface area contributed by atoms with E-state index in [4.69, 9.17) is 58.5 Å². The number of amides is 5. The van der Waals surface area contributed by atoms with E-state index >= 15 is 0 Å². The molecule has 708 valence electrons. The molecule has 6 aliphatic rings. The summed E-state index contributed by atoms with van der Waals surface area (Å²) in [5, 5.41) is 18.1. The first-order chi connectivity index (χ1) is 61.4. The minimum Gasteiger partial charge on any atom is -0.493 e. The lowest BCUT2D eigenvalue weighted by atomic mass is 9.73. The summed E-state index contributed by atoms with van der Waals surface area (Å²) < 4.78 is 26.5. The largest absolute Gasteiger partial charge is 0.493 e. The van der Waals surface area contributed by atoms with Gasteiger partial charge in [0.05, 0.1) is 44.5 Å². The highest BCUT2D eigenvalue weighted by molar-refractivity contribution is 7.99. The van der Waals surface area contributed by atoms with Gasteiger partial charge < -0.3 is 69.9 Å². The number of carbonyl (C=O) groups excluding carboxylic acids is 5. The normalized spacial score (nSPS) is 24.1. The van der Waals surface area contributed by atoms with E-state index in [0.29, 0.717) is 61.3 Å². The molecule has 0 radical (unpaired) electrons. The van der Waals surface area contributed by atoms with E-state index < -0.39 is 0 Å². The molecule has 20 nitrogen and oxygen atoms in total. The highest BCUT2D eigenvalue weighted by atomic mass is 35.5. The fraction of sp³-hybridized carbons (Fsp3) is 0.602. The summed E-state index contributed by atoms with van der Waals surface area (Å²) in [5.41, 5.74) is 11.3. The van der Waals surface area contributed by atoms with Crippen molar-refractivity contribution in [2.75, 3.05) is 154 Å². The Morgan fingerprint density at radius 2 is 0.844 bits per heavy atom. The molecule has 128 heavy (non-hydrogen) atoms. The third-order valence-electron chi connectivity index (χ3n) is 27.8. The minimum absolute atomic E-state index is 0.00578. The predicted octanol–water partition coefficient (Wildman–Crippen LogP) is 17.4. The molecule has 6 fully saturated rings. The number of nitrogens with zero attached hydrogens (tertiary/aromatic N) is 5. The molecule has 0 spiro atoms. The molecule has 5 amide bonds. The molecule has 12 rings (SSSR count). The third-order valence-corrected chi connectivity index (χ3v) is 29.6. The average Bonchev–Trinajstić information content (AvgIpc) is 0.765. The molecule has 1 heterocycles. The van der Waals surface area contributed by atoms with Gasteiger partial charge in [0, 0.05) is 107 Å². The summed E-state index contributed by atoms with van der Waals surface area (Å²) in [6.45, 7) is 11.6. The second kappa shape index (κ2) is 54.8. The van der Waals surface area contributed by atoms with Crippen LogP contribution >= 0.6 is 58.3 Å². The van der Waals surface area contributed by atoms with Gasteiger partial charge in [-0.15, -0.1) is 0 Å². The van der Waals surface area contributed by atoms with Crippen LogP contribution in [0.1, 0.15) is 186 Å². The topological polar surface area (TPSA) is 208 Å². The summed E-state index contributed by atoms with van der Waals surface area (Å²) in [7, 11) is 20.6. The fourth-order valence-electron chi connectivity index (χ4n) is 19.6. The molecule has 0 unspecified atom stereocenters. The van der Waals surface area contributed by atoms with Crippen LogP contribution in [0.2, 0.25) is 15.1 Å². The van der Waals surface area contributed by atoms with Crippen LogP contribution in [0.15, 0.2) is 146 Å². The number of halogens is 3. The highest BCUT2D eigenvalue weighted by Crippen LogP contribution is 2.45. The molecule has 0 bridgehead atoms. The zero-order valence-corrected chi connectivity index (χ0v) is 83.6. The van der Waals surface area contributed by atoms with E-state index in [2.05, 4.69) is 224 Å². The summed E-state index contributed by atoms with van der Waals surface area (Å²) in [4.78, 5) is 71.9. The number of nitrogens with one attached hydrogen (secondary N) is 5. The summed E-state index contributed by atoms with van der Waals surface area (Å²) in [6, 6.07) is 51.8. The molecule has 25 heteroatoms. The van der Waals surface area contributed by atoms with Crippen molar-refractivity contribution in [2.45, 2.75) is 246 Å². The van der Waals surface area contributed by atoms with Crippen LogP contribution in [0.5, 0.6) is 5.75 Å².